The fourth-order valence-electron chi connectivity index (χ4n) is 5.23. The zero-order chi connectivity index (χ0) is 26.7. The van der Waals surface area contributed by atoms with Crippen LogP contribution >= 0.6 is 15.9 Å². The van der Waals surface area contributed by atoms with Gasteiger partial charge in [-0.25, -0.2) is 0 Å². The lowest BCUT2D eigenvalue weighted by Gasteiger charge is -2.36. The van der Waals surface area contributed by atoms with Crippen molar-refractivity contribution in [3.63, 3.8) is 0 Å². The Bertz CT molecular complexity index is 1170. The highest BCUT2D eigenvalue weighted by atomic mass is 79.9. The van der Waals surface area contributed by atoms with Gasteiger partial charge in [-0.2, -0.15) is 0 Å². The largest absolute Gasteiger partial charge is 0.385 e. The average Bonchev–Trinajstić information content (AvgIpc) is 3.38. The third-order valence-electron chi connectivity index (χ3n) is 7.28. The molecule has 1 saturated carbocycles. The van der Waals surface area contributed by atoms with E-state index in [1.807, 2.05) is 29.2 Å². The molecule has 38 heavy (non-hydrogen) atoms. The first kappa shape index (κ1) is 28.1. The highest BCUT2D eigenvalue weighted by Gasteiger charge is 2.29. The highest BCUT2D eigenvalue weighted by Crippen LogP contribution is 2.25. The van der Waals surface area contributed by atoms with Crippen molar-refractivity contribution in [2.24, 2.45) is 0 Å². The SMILES string of the molecule is COCCCN(CC(=O)N(Cc1cccn1Cc1ccccc1)C1CCCCC1)C(=O)c1ccccc1Br. The van der Waals surface area contributed by atoms with Crippen LogP contribution in [0.4, 0.5) is 0 Å². The van der Waals surface area contributed by atoms with Crippen molar-refractivity contribution < 1.29 is 14.3 Å². The molecule has 0 N–H and O–H groups in total. The fourth-order valence-corrected chi connectivity index (χ4v) is 5.68. The summed E-state index contributed by atoms with van der Waals surface area (Å²) in [6.07, 6.45) is 8.25. The van der Waals surface area contributed by atoms with Crippen LogP contribution in [0.15, 0.2) is 77.4 Å². The molecule has 3 aromatic rings. The number of benzene rings is 2. The van der Waals surface area contributed by atoms with Crippen LogP contribution < -0.4 is 0 Å². The Balaban J connectivity index is 1.55. The van der Waals surface area contributed by atoms with Crippen molar-refractivity contribution in [2.45, 2.75) is 57.7 Å². The van der Waals surface area contributed by atoms with Gasteiger partial charge in [-0.15, -0.1) is 0 Å². The third-order valence-corrected chi connectivity index (χ3v) is 7.97. The molecular weight excluding hydrogens is 542 g/mol. The summed E-state index contributed by atoms with van der Waals surface area (Å²) in [6.45, 7) is 2.35. The first-order valence-electron chi connectivity index (χ1n) is 13.6. The number of methoxy groups -OCH3 is 1. The van der Waals surface area contributed by atoms with E-state index in [9.17, 15) is 9.59 Å². The number of rotatable bonds is 12. The minimum Gasteiger partial charge on any atom is -0.385 e. The zero-order valence-electron chi connectivity index (χ0n) is 22.2. The van der Waals surface area contributed by atoms with Crippen LogP contribution in [0.3, 0.4) is 0 Å². The molecule has 0 bridgehead atoms. The van der Waals surface area contributed by atoms with E-state index in [1.165, 1.54) is 12.0 Å². The molecule has 2 amide bonds. The van der Waals surface area contributed by atoms with Crippen LogP contribution in [0.1, 0.15) is 60.1 Å². The van der Waals surface area contributed by atoms with Gasteiger partial charge in [0.1, 0.15) is 6.54 Å². The number of ether oxygens (including phenoxy) is 1. The first-order chi connectivity index (χ1) is 18.6. The van der Waals surface area contributed by atoms with Crippen molar-refractivity contribution in [3.8, 4) is 0 Å². The van der Waals surface area contributed by atoms with Crippen LogP contribution in [0, 0.1) is 0 Å². The molecular formula is C31H38BrN3O3. The molecule has 1 aliphatic carbocycles. The minimum atomic E-state index is -0.141. The van der Waals surface area contributed by atoms with E-state index in [-0.39, 0.29) is 24.4 Å². The molecule has 1 fully saturated rings. The Labute approximate surface area is 234 Å². The molecule has 0 atom stereocenters. The highest BCUT2D eigenvalue weighted by molar-refractivity contribution is 9.10. The quantitative estimate of drug-likeness (QED) is 0.242. The van der Waals surface area contributed by atoms with Gasteiger partial charge in [-0.3, -0.25) is 9.59 Å². The van der Waals surface area contributed by atoms with Crippen molar-refractivity contribution >= 4 is 27.7 Å². The maximum absolute atomic E-state index is 14.0. The van der Waals surface area contributed by atoms with Crippen molar-refractivity contribution in [2.75, 3.05) is 26.8 Å². The molecule has 2 aromatic carbocycles. The third kappa shape index (κ3) is 7.58. The minimum absolute atomic E-state index is 0.00202. The molecule has 1 aromatic heterocycles. The molecule has 4 rings (SSSR count). The Morgan fingerprint density at radius 3 is 2.45 bits per heavy atom. The molecule has 0 radical (unpaired) electrons. The van der Waals surface area contributed by atoms with Gasteiger partial charge >= 0.3 is 0 Å². The molecule has 6 nitrogen and oxygen atoms in total. The van der Waals surface area contributed by atoms with Gasteiger partial charge in [0.05, 0.1) is 12.1 Å². The van der Waals surface area contributed by atoms with Crippen LogP contribution in [0.5, 0.6) is 0 Å². The Morgan fingerprint density at radius 2 is 1.71 bits per heavy atom. The topological polar surface area (TPSA) is 54.8 Å². The normalized spacial score (nSPS) is 13.8. The molecule has 202 valence electrons. The predicted octanol–water partition coefficient (Wildman–Crippen LogP) is 6.14. The summed E-state index contributed by atoms with van der Waals surface area (Å²) in [5.74, 6) is -0.139. The summed E-state index contributed by atoms with van der Waals surface area (Å²) >= 11 is 3.51. The standard InChI is InChI=1S/C31H38BrN3O3/c1-38-21-11-20-34(31(37)28-17-8-9-18-29(28)32)24-30(36)35(26-14-6-3-7-15-26)23-27-16-10-19-33(27)22-25-12-4-2-5-13-25/h2,4-5,8-10,12-13,16-19,26H,3,6-7,11,14-15,20-24H2,1H3. The van der Waals surface area contributed by atoms with Crippen LogP contribution in [0.25, 0.3) is 0 Å². The summed E-state index contributed by atoms with van der Waals surface area (Å²) in [6, 6.07) is 22.1. The maximum Gasteiger partial charge on any atom is 0.255 e. The van der Waals surface area contributed by atoms with Gasteiger partial charge in [0.25, 0.3) is 5.91 Å². The van der Waals surface area contributed by atoms with Crippen molar-refractivity contribution in [1.29, 1.82) is 0 Å². The fraction of sp³-hybridized carbons (Fsp3) is 0.419. The molecule has 1 aliphatic rings. The molecule has 0 saturated heterocycles. The summed E-state index contributed by atoms with van der Waals surface area (Å²) in [7, 11) is 1.65. The number of aromatic nitrogens is 1. The molecule has 0 aliphatic heterocycles. The molecule has 0 unspecified atom stereocenters. The number of halogens is 1. The van der Waals surface area contributed by atoms with Crippen molar-refractivity contribution in [1.82, 2.24) is 14.4 Å². The lowest BCUT2D eigenvalue weighted by molar-refractivity contribution is -0.135. The Hall–Kier alpha value is -2.90. The van der Waals surface area contributed by atoms with Gasteiger partial charge < -0.3 is 19.1 Å². The number of hydrogen-bond donors (Lipinski definition) is 0. The second kappa shape index (κ2) is 14.3. The lowest BCUT2D eigenvalue weighted by Crippen LogP contribution is -2.48. The van der Waals surface area contributed by atoms with Gasteiger partial charge in [0, 0.05) is 49.2 Å². The van der Waals surface area contributed by atoms with E-state index >= 15 is 0 Å². The van der Waals surface area contributed by atoms with E-state index in [4.69, 9.17) is 4.74 Å². The van der Waals surface area contributed by atoms with E-state index < -0.39 is 0 Å². The molecule has 1 heterocycles. The zero-order valence-corrected chi connectivity index (χ0v) is 23.8. The van der Waals surface area contributed by atoms with E-state index in [1.54, 1.807) is 18.1 Å². The number of amides is 2. The van der Waals surface area contributed by atoms with E-state index in [0.29, 0.717) is 31.7 Å². The van der Waals surface area contributed by atoms with Gasteiger partial charge in [-0.05, 0) is 65.0 Å². The summed E-state index contributed by atoms with van der Waals surface area (Å²) in [4.78, 5) is 31.2. The number of carbonyl (C=O) groups excluding carboxylic acids is 2. The first-order valence-corrected chi connectivity index (χ1v) is 14.4. The lowest BCUT2D eigenvalue weighted by atomic mass is 9.94. The maximum atomic E-state index is 14.0. The molecule has 0 spiro atoms. The number of carbonyl (C=O) groups is 2. The van der Waals surface area contributed by atoms with Crippen LogP contribution in [-0.4, -0.2) is 59.0 Å². The van der Waals surface area contributed by atoms with Crippen LogP contribution in [-0.2, 0) is 22.6 Å². The van der Waals surface area contributed by atoms with Gasteiger partial charge in [-0.1, -0.05) is 61.7 Å². The summed E-state index contributed by atoms with van der Waals surface area (Å²) in [5, 5.41) is 0. The Morgan fingerprint density at radius 1 is 0.974 bits per heavy atom. The average molecular weight is 581 g/mol. The number of hydrogen-bond acceptors (Lipinski definition) is 3. The monoisotopic (exact) mass is 579 g/mol. The smallest absolute Gasteiger partial charge is 0.255 e. The second-order valence-electron chi connectivity index (χ2n) is 9.98. The Kier molecular flexibility index (Phi) is 10.6. The van der Waals surface area contributed by atoms with E-state index in [2.05, 4.69) is 63.1 Å². The number of nitrogens with zero attached hydrogens (tertiary/aromatic N) is 3. The summed E-state index contributed by atoms with van der Waals surface area (Å²) in [5.41, 5.74) is 2.90. The van der Waals surface area contributed by atoms with Gasteiger partial charge in [0.15, 0.2) is 0 Å². The summed E-state index contributed by atoms with van der Waals surface area (Å²) < 4.78 is 8.19. The van der Waals surface area contributed by atoms with E-state index in [0.717, 1.165) is 42.4 Å². The van der Waals surface area contributed by atoms with Gasteiger partial charge in [0.2, 0.25) is 5.91 Å². The second-order valence-corrected chi connectivity index (χ2v) is 10.8. The van der Waals surface area contributed by atoms with Crippen LogP contribution in [0.2, 0.25) is 0 Å². The predicted molar refractivity (Wildman–Crippen MR) is 154 cm³/mol. The van der Waals surface area contributed by atoms with Crippen molar-refractivity contribution in [3.05, 3.63) is 94.2 Å². The molecule has 7 heteroatoms.